The average Bonchev–Trinajstić information content (AvgIpc) is 2.52. The highest BCUT2D eigenvalue weighted by Gasteiger charge is 2.26. The lowest BCUT2D eigenvalue weighted by atomic mass is 9.79. The molecule has 0 amide bonds. The molecule has 0 heterocycles. The number of benzene rings is 1. The third-order valence-electron chi connectivity index (χ3n) is 4.90. The molecule has 0 radical (unpaired) electrons. The van der Waals surface area contributed by atoms with Gasteiger partial charge < -0.3 is 4.90 Å². The molecule has 0 unspecified atom stereocenters. The largest absolute Gasteiger partial charge is 0.301 e. The molecule has 0 aromatic heterocycles. The van der Waals surface area contributed by atoms with Gasteiger partial charge in [0.05, 0.1) is 11.6 Å². The van der Waals surface area contributed by atoms with Crippen LogP contribution in [0.3, 0.4) is 0 Å². The lowest BCUT2D eigenvalue weighted by Crippen LogP contribution is -2.38. The SMILES string of the molecule is CCCN(CC)C1CCC(c2ccc(C)cc2C#N)CC1. The molecule has 0 atom stereocenters. The Bertz CT molecular complexity index is 493. The highest BCUT2D eigenvalue weighted by molar-refractivity contribution is 5.42. The summed E-state index contributed by atoms with van der Waals surface area (Å²) in [6.45, 7) is 8.98. The van der Waals surface area contributed by atoms with Crippen LogP contribution in [0.4, 0.5) is 0 Å². The van der Waals surface area contributed by atoms with Crippen molar-refractivity contribution in [3.8, 4) is 6.07 Å². The van der Waals surface area contributed by atoms with Crippen LogP contribution >= 0.6 is 0 Å². The van der Waals surface area contributed by atoms with Gasteiger partial charge in [-0.25, -0.2) is 0 Å². The monoisotopic (exact) mass is 284 g/mol. The molecule has 2 rings (SSSR count). The molecule has 2 heteroatoms. The van der Waals surface area contributed by atoms with E-state index in [1.54, 1.807) is 0 Å². The molecule has 0 aliphatic heterocycles. The molecule has 1 aromatic carbocycles. The molecule has 1 fully saturated rings. The molecular weight excluding hydrogens is 256 g/mol. The van der Waals surface area contributed by atoms with E-state index in [-0.39, 0.29) is 0 Å². The van der Waals surface area contributed by atoms with Crippen molar-refractivity contribution in [1.82, 2.24) is 4.90 Å². The van der Waals surface area contributed by atoms with Crippen molar-refractivity contribution in [3.63, 3.8) is 0 Å². The zero-order valence-electron chi connectivity index (χ0n) is 13.7. The molecular formula is C19H28N2. The quantitative estimate of drug-likeness (QED) is 0.788. The van der Waals surface area contributed by atoms with Crippen LogP contribution in [0.1, 0.15) is 68.6 Å². The van der Waals surface area contributed by atoms with Crippen molar-refractivity contribution in [2.45, 2.75) is 64.8 Å². The van der Waals surface area contributed by atoms with Crippen LogP contribution in [-0.2, 0) is 0 Å². The van der Waals surface area contributed by atoms with Gasteiger partial charge in [-0.15, -0.1) is 0 Å². The van der Waals surface area contributed by atoms with Crippen molar-refractivity contribution in [2.75, 3.05) is 13.1 Å². The van der Waals surface area contributed by atoms with Crippen LogP contribution in [0.2, 0.25) is 0 Å². The Morgan fingerprint density at radius 2 is 1.90 bits per heavy atom. The fourth-order valence-electron chi connectivity index (χ4n) is 3.76. The summed E-state index contributed by atoms with van der Waals surface area (Å²) in [5.41, 5.74) is 3.35. The van der Waals surface area contributed by atoms with Gasteiger partial charge in [0.2, 0.25) is 0 Å². The number of nitrogens with zero attached hydrogens (tertiary/aromatic N) is 2. The predicted octanol–water partition coefficient (Wildman–Crippen LogP) is 4.62. The van der Waals surface area contributed by atoms with Crippen molar-refractivity contribution in [1.29, 1.82) is 5.26 Å². The summed E-state index contributed by atoms with van der Waals surface area (Å²) in [6.07, 6.45) is 6.24. The van der Waals surface area contributed by atoms with Gasteiger partial charge in [-0.05, 0) is 75.2 Å². The Morgan fingerprint density at radius 3 is 2.48 bits per heavy atom. The summed E-state index contributed by atoms with van der Waals surface area (Å²) in [5.74, 6) is 0.580. The molecule has 0 saturated heterocycles. The second-order valence-electron chi connectivity index (χ2n) is 6.34. The van der Waals surface area contributed by atoms with Gasteiger partial charge in [0.25, 0.3) is 0 Å². The fraction of sp³-hybridized carbons (Fsp3) is 0.632. The van der Waals surface area contributed by atoms with E-state index < -0.39 is 0 Å². The summed E-state index contributed by atoms with van der Waals surface area (Å²) in [5, 5.41) is 9.36. The average molecular weight is 284 g/mol. The first-order chi connectivity index (χ1) is 10.2. The molecule has 1 saturated carbocycles. The van der Waals surface area contributed by atoms with E-state index in [1.165, 1.54) is 49.8 Å². The fourth-order valence-corrected chi connectivity index (χ4v) is 3.76. The van der Waals surface area contributed by atoms with Crippen LogP contribution in [0.5, 0.6) is 0 Å². The van der Waals surface area contributed by atoms with Crippen LogP contribution in [-0.4, -0.2) is 24.0 Å². The summed E-state index contributed by atoms with van der Waals surface area (Å²) >= 11 is 0. The third-order valence-corrected chi connectivity index (χ3v) is 4.90. The Balaban J connectivity index is 2.03. The van der Waals surface area contributed by atoms with Gasteiger partial charge in [0.1, 0.15) is 0 Å². The molecule has 1 aromatic rings. The maximum absolute atomic E-state index is 9.36. The van der Waals surface area contributed by atoms with Crippen LogP contribution in [0.25, 0.3) is 0 Å². The number of hydrogen-bond donors (Lipinski definition) is 0. The molecule has 21 heavy (non-hydrogen) atoms. The Morgan fingerprint density at radius 1 is 1.19 bits per heavy atom. The molecule has 2 nitrogen and oxygen atoms in total. The minimum Gasteiger partial charge on any atom is -0.301 e. The summed E-state index contributed by atoms with van der Waals surface area (Å²) in [6, 6.07) is 9.51. The normalized spacial score (nSPS) is 22.2. The number of nitriles is 1. The van der Waals surface area contributed by atoms with Gasteiger partial charge in [0.15, 0.2) is 0 Å². The van der Waals surface area contributed by atoms with Gasteiger partial charge in [-0.2, -0.15) is 5.26 Å². The zero-order valence-corrected chi connectivity index (χ0v) is 13.7. The number of hydrogen-bond acceptors (Lipinski definition) is 2. The Labute approximate surface area is 129 Å². The topological polar surface area (TPSA) is 27.0 Å². The van der Waals surface area contributed by atoms with Crippen LogP contribution in [0, 0.1) is 18.3 Å². The summed E-state index contributed by atoms with van der Waals surface area (Å²) in [4.78, 5) is 2.64. The lowest BCUT2D eigenvalue weighted by molar-refractivity contribution is 0.156. The first kappa shape index (κ1) is 16.0. The predicted molar refractivity (Wildman–Crippen MR) is 88.4 cm³/mol. The van der Waals surface area contributed by atoms with E-state index in [2.05, 4.69) is 43.9 Å². The third kappa shape index (κ3) is 3.86. The first-order valence-electron chi connectivity index (χ1n) is 8.44. The molecule has 1 aliphatic rings. The van der Waals surface area contributed by atoms with Crippen LogP contribution < -0.4 is 0 Å². The van der Waals surface area contributed by atoms with Crippen molar-refractivity contribution < 1.29 is 0 Å². The minimum atomic E-state index is 0.580. The van der Waals surface area contributed by atoms with E-state index in [0.29, 0.717) is 5.92 Å². The number of rotatable bonds is 5. The Hall–Kier alpha value is -1.33. The second kappa shape index (κ2) is 7.61. The lowest BCUT2D eigenvalue weighted by Gasteiger charge is -2.36. The molecule has 1 aliphatic carbocycles. The van der Waals surface area contributed by atoms with E-state index in [0.717, 1.165) is 18.2 Å². The Kier molecular flexibility index (Phi) is 5.82. The van der Waals surface area contributed by atoms with Crippen molar-refractivity contribution >= 4 is 0 Å². The maximum Gasteiger partial charge on any atom is 0.0994 e. The van der Waals surface area contributed by atoms with Gasteiger partial charge in [-0.1, -0.05) is 26.0 Å². The number of aryl methyl sites for hydroxylation is 1. The summed E-state index contributed by atoms with van der Waals surface area (Å²) < 4.78 is 0. The second-order valence-corrected chi connectivity index (χ2v) is 6.34. The highest BCUT2D eigenvalue weighted by Crippen LogP contribution is 2.36. The smallest absolute Gasteiger partial charge is 0.0994 e. The van der Waals surface area contributed by atoms with E-state index in [4.69, 9.17) is 0 Å². The van der Waals surface area contributed by atoms with Gasteiger partial charge >= 0.3 is 0 Å². The first-order valence-corrected chi connectivity index (χ1v) is 8.44. The van der Waals surface area contributed by atoms with E-state index in [1.807, 2.05) is 6.07 Å². The maximum atomic E-state index is 9.36. The van der Waals surface area contributed by atoms with Gasteiger partial charge in [0, 0.05) is 6.04 Å². The van der Waals surface area contributed by atoms with Crippen molar-refractivity contribution in [2.24, 2.45) is 0 Å². The van der Waals surface area contributed by atoms with E-state index >= 15 is 0 Å². The van der Waals surface area contributed by atoms with E-state index in [9.17, 15) is 5.26 Å². The molecule has 0 bridgehead atoms. The molecule has 0 spiro atoms. The zero-order chi connectivity index (χ0) is 15.2. The highest BCUT2D eigenvalue weighted by atomic mass is 15.1. The molecule has 114 valence electrons. The minimum absolute atomic E-state index is 0.580. The standard InChI is InChI=1S/C19H28N2/c1-4-12-21(5-2)18-9-7-16(8-10-18)19-11-6-15(3)13-17(19)14-20/h6,11,13,16,18H,4-5,7-10,12H2,1-3H3. The van der Waals surface area contributed by atoms with Crippen molar-refractivity contribution in [3.05, 3.63) is 34.9 Å². The van der Waals surface area contributed by atoms with Crippen LogP contribution in [0.15, 0.2) is 18.2 Å². The van der Waals surface area contributed by atoms with Gasteiger partial charge in [-0.3, -0.25) is 0 Å². The summed E-state index contributed by atoms with van der Waals surface area (Å²) in [7, 11) is 0. The molecule has 0 N–H and O–H groups in total.